The van der Waals surface area contributed by atoms with Crippen molar-refractivity contribution in [3.05, 3.63) is 65.1 Å². The van der Waals surface area contributed by atoms with Crippen LogP contribution in [-0.4, -0.2) is 21.7 Å². The predicted octanol–water partition coefficient (Wildman–Crippen LogP) is 5.61. The summed E-state index contributed by atoms with van der Waals surface area (Å²) in [5.74, 6) is 0.982. The van der Waals surface area contributed by atoms with Gasteiger partial charge in [-0.2, -0.15) is 0 Å². The van der Waals surface area contributed by atoms with Gasteiger partial charge < -0.3 is 14.8 Å². The number of nitrogens with one attached hydrogen (secondary N) is 1. The van der Waals surface area contributed by atoms with E-state index < -0.39 is 0 Å². The summed E-state index contributed by atoms with van der Waals surface area (Å²) >= 11 is 0. The molecule has 0 atom stereocenters. The highest BCUT2D eigenvalue weighted by molar-refractivity contribution is 5.77. The van der Waals surface area contributed by atoms with Crippen molar-refractivity contribution in [1.82, 2.24) is 9.97 Å². The number of rotatable bonds is 6. The molecule has 3 aromatic rings. The maximum atomic E-state index is 10.6. The van der Waals surface area contributed by atoms with E-state index in [4.69, 9.17) is 4.74 Å². The zero-order chi connectivity index (χ0) is 19.8. The molecule has 0 bridgehead atoms. The molecule has 0 spiro atoms. The summed E-state index contributed by atoms with van der Waals surface area (Å²) in [5.41, 5.74) is 5.93. The summed E-state index contributed by atoms with van der Waals surface area (Å²) in [6.45, 7) is 10.7. The number of phenolic OH excluding ortho intramolecular Hbond substituents is 1. The third kappa shape index (κ3) is 4.70. The molecular weight excluding hydrogens is 336 g/mol. The van der Waals surface area contributed by atoms with E-state index in [1.54, 1.807) is 12.5 Å². The lowest BCUT2D eigenvalue weighted by atomic mass is 9.99. The molecule has 0 amide bonds. The van der Waals surface area contributed by atoms with Crippen LogP contribution in [-0.2, 0) is 12.8 Å². The number of phenols is 1. The maximum Gasteiger partial charge on any atom is 0.135 e. The van der Waals surface area contributed by atoms with Crippen molar-refractivity contribution >= 4 is 0 Å². The van der Waals surface area contributed by atoms with Gasteiger partial charge in [-0.15, -0.1) is 0 Å². The Balaban J connectivity index is 0.00000126. The van der Waals surface area contributed by atoms with Gasteiger partial charge in [0.05, 0.1) is 30.4 Å². The van der Waals surface area contributed by atoms with Crippen LogP contribution < -0.4 is 4.74 Å². The summed E-state index contributed by atoms with van der Waals surface area (Å²) in [6.07, 6.45) is 4.98. The summed E-state index contributed by atoms with van der Waals surface area (Å²) in [6, 6.07) is 10.3. The van der Waals surface area contributed by atoms with Crippen molar-refractivity contribution in [3.8, 4) is 22.8 Å². The fourth-order valence-corrected chi connectivity index (χ4v) is 3.08. The minimum absolute atomic E-state index is 0.243. The van der Waals surface area contributed by atoms with Crippen LogP contribution in [0.1, 0.15) is 43.0 Å². The van der Waals surface area contributed by atoms with Crippen LogP contribution in [0.2, 0.25) is 0 Å². The first-order valence-electron chi connectivity index (χ1n) is 9.63. The number of ether oxygens (including phenoxy) is 1. The molecule has 4 heteroatoms. The molecule has 0 aliphatic rings. The molecule has 144 valence electrons. The summed E-state index contributed by atoms with van der Waals surface area (Å²) in [7, 11) is 0. The van der Waals surface area contributed by atoms with E-state index in [1.807, 2.05) is 39.0 Å². The van der Waals surface area contributed by atoms with E-state index in [0.717, 1.165) is 35.4 Å². The second-order valence-electron chi connectivity index (χ2n) is 6.25. The molecule has 4 nitrogen and oxygen atoms in total. The van der Waals surface area contributed by atoms with Crippen LogP contribution >= 0.6 is 0 Å². The Morgan fingerprint density at radius 1 is 1.07 bits per heavy atom. The molecule has 3 rings (SSSR count). The average molecular weight is 367 g/mol. The molecule has 0 aliphatic heterocycles. The average Bonchev–Trinajstić information content (AvgIpc) is 3.22. The van der Waals surface area contributed by atoms with Gasteiger partial charge in [0.15, 0.2) is 0 Å². The first-order chi connectivity index (χ1) is 13.1. The SMILES string of the molecule is CC.CCc1cc(C)c(O)c(-c2cnc[nH]2)c1OCCc1ccccc1C. The van der Waals surface area contributed by atoms with Gasteiger partial charge >= 0.3 is 0 Å². The highest BCUT2D eigenvalue weighted by Crippen LogP contribution is 2.42. The summed E-state index contributed by atoms with van der Waals surface area (Å²) in [5, 5.41) is 10.6. The van der Waals surface area contributed by atoms with Gasteiger partial charge in [-0.3, -0.25) is 0 Å². The van der Waals surface area contributed by atoms with E-state index in [1.165, 1.54) is 11.1 Å². The fraction of sp³-hybridized carbons (Fsp3) is 0.348. The van der Waals surface area contributed by atoms with Gasteiger partial charge in [-0.05, 0) is 48.6 Å². The standard InChI is InChI=1S/C21H24N2O2.C2H6/c1-4-16-11-15(3)20(24)19(18-12-22-13-23-18)21(16)25-10-9-17-8-6-5-7-14(17)2;1-2/h5-8,11-13,24H,4,9-10H2,1-3H3,(H,22,23);1-2H3. The predicted molar refractivity (Wildman–Crippen MR) is 112 cm³/mol. The number of aryl methyl sites for hydroxylation is 3. The number of nitrogens with zero attached hydrogens (tertiary/aromatic N) is 1. The molecule has 1 aromatic heterocycles. The fourth-order valence-electron chi connectivity index (χ4n) is 3.08. The second kappa shape index (κ2) is 9.81. The minimum atomic E-state index is 0.243. The third-order valence-electron chi connectivity index (χ3n) is 4.55. The van der Waals surface area contributed by atoms with E-state index in [9.17, 15) is 5.11 Å². The van der Waals surface area contributed by atoms with Gasteiger partial charge in [-0.25, -0.2) is 4.98 Å². The number of imidazole rings is 1. The zero-order valence-corrected chi connectivity index (χ0v) is 17.0. The van der Waals surface area contributed by atoms with Crippen LogP contribution in [0.25, 0.3) is 11.3 Å². The van der Waals surface area contributed by atoms with Crippen molar-refractivity contribution in [2.45, 2.75) is 47.5 Å². The van der Waals surface area contributed by atoms with Gasteiger partial charge in [0.25, 0.3) is 0 Å². The topological polar surface area (TPSA) is 58.1 Å². The van der Waals surface area contributed by atoms with Crippen molar-refractivity contribution < 1.29 is 9.84 Å². The van der Waals surface area contributed by atoms with Crippen LogP contribution in [0.3, 0.4) is 0 Å². The van der Waals surface area contributed by atoms with E-state index in [2.05, 4.69) is 35.9 Å². The van der Waals surface area contributed by atoms with Crippen LogP contribution in [0, 0.1) is 13.8 Å². The summed E-state index contributed by atoms with van der Waals surface area (Å²) < 4.78 is 6.17. The van der Waals surface area contributed by atoms with E-state index in [-0.39, 0.29) is 5.75 Å². The molecular formula is C23H30N2O2. The zero-order valence-electron chi connectivity index (χ0n) is 17.0. The number of benzene rings is 2. The van der Waals surface area contributed by atoms with Gasteiger partial charge in [-0.1, -0.05) is 45.0 Å². The van der Waals surface area contributed by atoms with Crippen molar-refractivity contribution in [1.29, 1.82) is 0 Å². The Labute approximate surface area is 162 Å². The highest BCUT2D eigenvalue weighted by atomic mass is 16.5. The van der Waals surface area contributed by atoms with Crippen LogP contribution in [0.15, 0.2) is 42.9 Å². The molecule has 0 saturated heterocycles. The first-order valence-corrected chi connectivity index (χ1v) is 9.63. The molecule has 2 aromatic carbocycles. The number of aromatic hydroxyl groups is 1. The molecule has 27 heavy (non-hydrogen) atoms. The van der Waals surface area contributed by atoms with E-state index >= 15 is 0 Å². The molecule has 2 N–H and O–H groups in total. The molecule has 0 saturated carbocycles. The van der Waals surface area contributed by atoms with E-state index in [0.29, 0.717) is 12.2 Å². The Morgan fingerprint density at radius 3 is 2.44 bits per heavy atom. The lowest BCUT2D eigenvalue weighted by Crippen LogP contribution is -2.06. The highest BCUT2D eigenvalue weighted by Gasteiger charge is 2.19. The number of aromatic amines is 1. The maximum absolute atomic E-state index is 10.6. The monoisotopic (exact) mass is 366 g/mol. The van der Waals surface area contributed by atoms with Crippen molar-refractivity contribution in [2.75, 3.05) is 6.61 Å². The van der Waals surface area contributed by atoms with Gasteiger partial charge in [0.1, 0.15) is 11.5 Å². The molecule has 0 fully saturated rings. The molecule has 0 aliphatic carbocycles. The van der Waals surface area contributed by atoms with Gasteiger partial charge in [0.2, 0.25) is 0 Å². The van der Waals surface area contributed by atoms with Crippen LogP contribution in [0.5, 0.6) is 11.5 Å². The van der Waals surface area contributed by atoms with Crippen molar-refractivity contribution in [2.24, 2.45) is 0 Å². The largest absolute Gasteiger partial charge is 0.507 e. The number of hydrogen-bond acceptors (Lipinski definition) is 3. The van der Waals surface area contributed by atoms with Crippen LogP contribution in [0.4, 0.5) is 0 Å². The lowest BCUT2D eigenvalue weighted by molar-refractivity contribution is 0.318. The summed E-state index contributed by atoms with van der Waals surface area (Å²) in [4.78, 5) is 7.16. The lowest BCUT2D eigenvalue weighted by Gasteiger charge is -2.18. The third-order valence-corrected chi connectivity index (χ3v) is 4.55. The number of aromatic nitrogens is 2. The Bertz CT molecular complexity index is 855. The molecule has 0 unspecified atom stereocenters. The quantitative estimate of drug-likeness (QED) is 0.596. The first kappa shape index (κ1) is 20.6. The smallest absolute Gasteiger partial charge is 0.135 e. The number of hydrogen-bond donors (Lipinski definition) is 2. The molecule has 0 radical (unpaired) electrons. The normalized spacial score (nSPS) is 10.3. The number of H-pyrrole nitrogens is 1. The van der Waals surface area contributed by atoms with Crippen molar-refractivity contribution in [3.63, 3.8) is 0 Å². The molecule has 1 heterocycles. The second-order valence-corrected chi connectivity index (χ2v) is 6.25. The Morgan fingerprint density at radius 2 is 1.81 bits per heavy atom. The Kier molecular flexibility index (Phi) is 7.47. The van der Waals surface area contributed by atoms with Gasteiger partial charge in [0, 0.05) is 6.42 Å². The minimum Gasteiger partial charge on any atom is -0.507 e. The Hall–Kier alpha value is -2.75.